The van der Waals surface area contributed by atoms with Crippen LogP contribution in [0.15, 0.2) is 30.3 Å². The van der Waals surface area contributed by atoms with Crippen molar-refractivity contribution < 1.29 is 5.94 Å². The molecule has 0 atom stereocenters. The van der Waals surface area contributed by atoms with E-state index in [1.165, 1.54) is 70.1 Å². The van der Waals surface area contributed by atoms with Gasteiger partial charge in [0.2, 0.25) is 5.69 Å². The van der Waals surface area contributed by atoms with Gasteiger partial charge in [0.25, 0.3) is 0 Å². The Labute approximate surface area is 165 Å². The molecule has 0 radical (unpaired) electrons. The largest absolute Gasteiger partial charge is 0.220 e. The monoisotopic (exact) mass is 359 g/mol. The van der Waals surface area contributed by atoms with Gasteiger partial charge in [0, 0.05) is 13.0 Å². The van der Waals surface area contributed by atoms with Crippen molar-refractivity contribution in [2.45, 2.75) is 66.2 Å². The van der Waals surface area contributed by atoms with Crippen LogP contribution < -0.4 is 4.57 Å². The highest BCUT2D eigenvalue weighted by molar-refractivity contribution is 5.95. The lowest BCUT2D eigenvalue weighted by molar-refractivity contribution is -0.665. The minimum Gasteiger partial charge on any atom is -0.198 e. The van der Waals surface area contributed by atoms with Crippen LogP contribution in [0.25, 0.3) is 22.0 Å². The van der Waals surface area contributed by atoms with E-state index in [0.717, 1.165) is 11.1 Å². The summed E-state index contributed by atoms with van der Waals surface area (Å²) in [7, 11) is 2.11. The molecule has 0 unspecified atom stereocenters. The molecule has 4 rings (SSSR count). The van der Waals surface area contributed by atoms with Crippen LogP contribution in [0.1, 0.15) is 66.5 Å². The Balaban J connectivity index is 2.08. The van der Waals surface area contributed by atoms with Crippen molar-refractivity contribution in [1.82, 2.24) is 0 Å². The summed E-state index contributed by atoms with van der Waals surface area (Å²) in [5.41, 5.74) is 10.4. The number of rotatable bonds is 2. The first-order valence-electron chi connectivity index (χ1n) is 10.8. The summed E-state index contributed by atoms with van der Waals surface area (Å²) >= 11 is 0. The fourth-order valence-corrected chi connectivity index (χ4v) is 4.94. The van der Waals surface area contributed by atoms with Crippen LogP contribution in [0.5, 0.6) is 0 Å². The maximum absolute atomic E-state index is 8.84. The lowest BCUT2D eigenvalue weighted by atomic mass is 9.88. The van der Waals surface area contributed by atoms with Gasteiger partial charge in [0.1, 0.15) is 7.05 Å². The van der Waals surface area contributed by atoms with Gasteiger partial charge < -0.3 is 0 Å². The standard InChI is InChI=1S/C26H32N/c1-16-11-17(2)20(5)24(12-16)26-25-13-18(3)23(21-9-7-8-10-21)15-22(25)14-19(4)27(26)6/h11-15,21H,7-10H2,1-6H3/q+1/i14D. The summed E-state index contributed by atoms with van der Waals surface area (Å²) in [5.74, 6) is 0.671. The fourth-order valence-electron chi connectivity index (χ4n) is 4.94. The molecule has 0 spiro atoms. The van der Waals surface area contributed by atoms with E-state index >= 15 is 0 Å². The molecule has 0 saturated heterocycles. The smallest absolute Gasteiger partial charge is 0.198 e. The number of fused-ring (bicyclic) bond motifs is 1. The summed E-state index contributed by atoms with van der Waals surface area (Å²) in [4.78, 5) is 0. The third kappa shape index (κ3) is 3.08. The SMILES string of the molecule is [2H]c1c(C)[n+](C)c(-c2cc(C)cc(C)c2C)c2cc(C)c(C3CCCC3)cc12. The van der Waals surface area contributed by atoms with E-state index in [0.29, 0.717) is 12.0 Å². The Morgan fingerprint density at radius 2 is 1.63 bits per heavy atom. The summed E-state index contributed by atoms with van der Waals surface area (Å²) in [6.07, 6.45) is 5.27. The Morgan fingerprint density at radius 1 is 0.926 bits per heavy atom. The summed E-state index contributed by atoms with van der Waals surface area (Å²) < 4.78 is 11.1. The molecule has 1 nitrogen and oxygen atoms in total. The number of nitrogens with zero attached hydrogens (tertiary/aromatic N) is 1. The van der Waals surface area contributed by atoms with E-state index in [1.54, 1.807) is 0 Å². The van der Waals surface area contributed by atoms with Gasteiger partial charge in [-0.1, -0.05) is 30.5 Å². The molecule has 1 heteroatoms. The molecule has 0 amide bonds. The van der Waals surface area contributed by atoms with E-state index < -0.39 is 0 Å². The van der Waals surface area contributed by atoms with Gasteiger partial charge in [-0.25, -0.2) is 0 Å². The molecule has 2 aromatic carbocycles. The van der Waals surface area contributed by atoms with Crippen LogP contribution in [0.3, 0.4) is 0 Å². The molecular weight excluding hydrogens is 326 g/mol. The van der Waals surface area contributed by atoms with E-state index in [2.05, 4.69) is 70.5 Å². The van der Waals surface area contributed by atoms with Crippen molar-refractivity contribution in [3.05, 3.63) is 63.8 Å². The number of pyridine rings is 1. The van der Waals surface area contributed by atoms with Gasteiger partial charge in [-0.2, -0.15) is 4.57 Å². The maximum atomic E-state index is 8.84. The molecule has 0 aliphatic heterocycles. The average Bonchev–Trinajstić information content (AvgIpc) is 3.18. The lowest BCUT2D eigenvalue weighted by Gasteiger charge is -2.17. The summed E-state index contributed by atoms with van der Waals surface area (Å²) in [6, 6.07) is 9.93. The highest BCUT2D eigenvalue weighted by atomic mass is 14.9. The minimum atomic E-state index is 0.669. The van der Waals surface area contributed by atoms with Crippen molar-refractivity contribution >= 4 is 10.8 Å². The van der Waals surface area contributed by atoms with E-state index in [4.69, 9.17) is 1.37 Å². The molecular formula is C26H32N+. The molecule has 1 aromatic heterocycles. The summed E-state index contributed by atoms with van der Waals surface area (Å²) in [5, 5.41) is 2.32. The number of hydrogen-bond acceptors (Lipinski definition) is 0. The molecule has 1 aliphatic rings. The number of aryl methyl sites for hydroxylation is 3. The zero-order valence-corrected chi connectivity index (χ0v) is 17.7. The first-order chi connectivity index (χ1) is 13.3. The van der Waals surface area contributed by atoms with Crippen LogP contribution in [0, 0.1) is 34.6 Å². The van der Waals surface area contributed by atoms with Gasteiger partial charge in [0.05, 0.1) is 12.3 Å². The zero-order chi connectivity index (χ0) is 20.2. The first kappa shape index (κ1) is 17.0. The van der Waals surface area contributed by atoms with Crippen molar-refractivity contribution in [1.29, 1.82) is 0 Å². The molecule has 1 aliphatic carbocycles. The van der Waals surface area contributed by atoms with Crippen LogP contribution in [-0.2, 0) is 7.05 Å². The topological polar surface area (TPSA) is 3.88 Å². The second-order valence-electron chi connectivity index (χ2n) is 8.61. The Morgan fingerprint density at radius 3 is 2.33 bits per heavy atom. The Hall–Kier alpha value is -2.15. The quantitative estimate of drug-likeness (QED) is 0.458. The van der Waals surface area contributed by atoms with Gasteiger partial charge in [-0.05, 0) is 86.2 Å². The van der Waals surface area contributed by atoms with Crippen molar-refractivity contribution in [3.8, 4) is 11.3 Å². The van der Waals surface area contributed by atoms with Crippen molar-refractivity contribution in [3.63, 3.8) is 0 Å². The lowest BCUT2D eigenvalue weighted by Crippen LogP contribution is -2.35. The van der Waals surface area contributed by atoms with Gasteiger partial charge in [-0.15, -0.1) is 0 Å². The van der Waals surface area contributed by atoms with E-state index in [1.807, 2.05) is 0 Å². The number of benzene rings is 2. The molecule has 1 saturated carbocycles. The second-order valence-corrected chi connectivity index (χ2v) is 8.61. The van der Waals surface area contributed by atoms with Crippen LogP contribution in [-0.4, -0.2) is 0 Å². The normalized spacial score (nSPS) is 15.6. The van der Waals surface area contributed by atoms with Crippen LogP contribution in [0.4, 0.5) is 0 Å². The third-order valence-corrected chi connectivity index (χ3v) is 6.68. The average molecular weight is 360 g/mol. The highest BCUT2D eigenvalue weighted by Gasteiger charge is 2.24. The third-order valence-electron chi connectivity index (χ3n) is 6.68. The molecule has 0 bridgehead atoms. The fraction of sp³-hybridized carbons (Fsp3) is 0.423. The maximum Gasteiger partial charge on any atom is 0.220 e. The van der Waals surface area contributed by atoms with E-state index in [9.17, 15) is 0 Å². The zero-order valence-electron chi connectivity index (χ0n) is 18.7. The number of aromatic nitrogens is 1. The Bertz CT molecular complexity index is 1090. The van der Waals surface area contributed by atoms with E-state index in [-0.39, 0.29) is 0 Å². The predicted octanol–water partition coefficient (Wildman–Crippen LogP) is 6.53. The molecule has 3 aromatic rings. The summed E-state index contributed by atoms with van der Waals surface area (Å²) in [6.45, 7) is 10.9. The molecule has 140 valence electrons. The molecule has 27 heavy (non-hydrogen) atoms. The van der Waals surface area contributed by atoms with Gasteiger partial charge >= 0.3 is 0 Å². The first-order valence-corrected chi connectivity index (χ1v) is 10.3. The van der Waals surface area contributed by atoms with Crippen molar-refractivity contribution in [2.24, 2.45) is 7.05 Å². The molecule has 1 heterocycles. The molecule has 1 fully saturated rings. The highest BCUT2D eigenvalue weighted by Crippen LogP contribution is 2.39. The predicted molar refractivity (Wildman–Crippen MR) is 115 cm³/mol. The second kappa shape index (κ2) is 6.78. The van der Waals surface area contributed by atoms with Gasteiger partial charge in [-0.3, -0.25) is 0 Å². The van der Waals surface area contributed by atoms with Crippen molar-refractivity contribution in [2.75, 3.05) is 0 Å². The van der Waals surface area contributed by atoms with Gasteiger partial charge in [0.15, 0.2) is 5.69 Å². The minimum absolute atomic E-state index is 0.669. The molecule has 0 N–H and O–H groups in total. The van der Waals surface area contributed by atoms with Crippen LogP contribution in [0.2, 0.25) is 0 Å². The number of hydrogen-bond donors (Lipinski definition) is 0. The van der Waals surface area contributed by atoms with Crippen LogP contribution >= 0.6 is 0 Å². The Kier molecular flexibility index (Phi) is 4.27.